The molecule has 1 N–H and O–H groups in total. The molecule has 1 aromatic heterocycles. The first kappa shape index (κ1) is 15.6. The SMILES string of the molecule is COc1ccc(OC)c(Cn2ccc3cc(C#N)ccc3c2=N)c1. The standard InChI is InChI=1S/C19H17N3O2/c1-23-16-4-6-18(24-2)15(10-16)12-22-8-7-14-9-13(11-20)3-5-17(14)19(22)21/h3-10,21H,12H2,1-2H3. The van der Waals surface area contributed by atoms with Crippen LogP contribution in [-0.2, 0) is 6.54 Å². The van der Waals surface area contributed by atoms with E-state index in [1.807, 2.05) is 41.1 Å². The van der Waals surface area contributed by atoms with Crippen molar-refractivity contribution in [3.63, 3.8) is 0 Å². The summed E-state index contributed by atoms with van der Waals surface area (Å²) in [6.45, 7) is 0.495. The van der Waals surface area contributed by atoms with Gasteiger partial charge >= 0.3 is 0 Å². The van der Waals surface area contributed by atoms with Gasteiger partial charge in [-0.2, -0.15) is 5.26 Å². The molecular formula is C19H17N3O2. The topological polar surface area (TPSA) is 71.0 Å². The summed E-state index contributed by atoms with van der Waals surface area (Å²) in [6.07, 6.45) is 1.85. The highest BCUT2D eigenvalue weighted by Crippen LogP contribution is 2.24. The number of fused-ring (bicyclic) bond motifs is 1. The number of rotatable bonds is 4. The van der Waals surface area contributed by atoms with Gasteiger partial charge in [0.2, 0.25) is 0 Å². The van der Waals surface area contributed by atoms with Gasteiger partial charge in [-0.15, -0.1) is 0 Å². The molecule has 5 nitrogen and oxygen atoms in total. The Morgan fingerprint density at radius 3 is 2.62 bits per heavy atom. The average molecular weight is 319 g/mol. The molecule has 24 heavy (non-hydrogen) atoms. The number of nitrogens with one attached hydrogen (secondary N) is 1. The lowest BCUT2D eigenvalue weighted by molar-refractivity contribution is 0.397. The molecule has 0 spiro atoms. The van der Waals surface area contributed by atoms with Crippen LogP contribution in [0.2, 0.25) is 0 Å². The molecule has 2 aromatic carbocycles. The molecule has 0 radical (unpaired) electrons. The van der Waals surface area contributed by atoms with Crippen molar-refractivity contribution in [3.8, 4) is 17.6 Å². The van der Waals surface area contributed by atoms with Crippen molar-refractivity contribution in [2.75, 3.05) is 14.2 Å². The van der Waals surface area contributed by atoms with Gasteiger partial charge in [0, 0.05) is 17.1 Å². The number of hydrogen-bond donors (Lipinski definition) is 1. The molecule has 5 heteroatoms. The van der Waals surface area contributed by atoms with Crippen LogP contribution < -0.4 is 15.0 Å². The van der Waals surface area contributed by atoms with Crippen LogP contribution >= 0.6 is 0 Å². The second-order valence-electron chi connectivity index (χ2n) is 5.38. The van der Waals surface area contributed by atoms with E-state index in [0.29, 0.717) is 17.6 Å². The lowest BCUT2D eigenvalue weighted by Gasteiger charge is -2.13. The third kappa shape index (κ3) is 2.82. The second kappa shape index (κ2) is 6.47. The van der Waals surface area contributed by atoms with Crippen molar-refractivity contribution in [1.82, 2.24) is 4.57 Å². The van der Waals surface area contributed by atoms with Crippen LogP contribution in [0, 0.1) is 16.7 Å². The fraction of sp³-hybridized carbons (Fsp3) is 0.158. The minimum absolute atomic E-state index is 0.391. The number of ether oxygens (including phenoxy) is 2. The molecule has 0 amide bonds. The molecular weight excluding hydrogens is 302 g/mol. The number of nitrogens with zero attached hydrogens (tertiary/aromatic N) is 2. The van der Waals surface area contributed by atoms with Crippen LogP contribution in [-0.4, -0.2) is 18.8 Å². The van der Waals surface area contributed by atoms with Crippen molar-refractivity contribution in [1.29, 1.82) is 10.7 Å². The fourth-order valence-electron chi connectivity index (χ4n) is 2.71. The monoisotopic (exact) mass is 319 g/mol. The van der Waals surface area contributed by atoms with Crippen LogP contribution in [0.4, 0.5) is 0 Å². The van der Waals surface area contributed by atoms with E-state index in [4.69, 9.17) is 20.1 Å². The predicted molar refractivity (Wildman–Crippen MR) is 91.2 cm³/mol. The van der Waals surface area contributed by atoms with Crippen molar-refractivity contribution < 1.29 is 9.47 Å². The summed E-state index contributed by atoms with van der Waals surface area (Å²) < 4.78 is 12.5. The van der Waals surface area contributed by atoms with Crippen molar-refractivity contribution in [2.24, 2.45) is 0 Å². The molecule has 0 aliphatic carbocycles. The summed E-state index contributed by atoms with van der Waals surface area (Å²) >= 11 is 0. The molecule has 3 rings (SSSR count). The number of hydrogen-bond acceptors (Lipinski definition) is 4. The summed E-state index contributed by atoms with van der Waals surface area (Å²) in [5, 5.41) is 19.1. The number of nitriles is 1. The van der Waals surface area contributed by atoms with E-state index in [0.717, 1.165) is 27.8 Å². The molecule has 120 valence electrons. The molecule has 3 aromatic rings. The highest BCUT2D eigenvalue weighted by atomic mass is 16.5. The average Bonchev–Trinajstić information content (AvgIpc) is 2.63. The number of benzene rings is 2. The molecule has 1 heterocycles. The maximum atomic E-state index is 9.00. The first-order chi connectivity index (χ1) is 11.7. The normalized spacial score (nSPS) is 10.4. The zero-order valence-electron chi connectivity index (χ0n) is 13.5. The molecule has 0 aliphatic rings. The Bertz CT molecular complexity index is 1000. The maximum absolute atomic E-state index is 9.00. The summed E-state index contributed by atoms with van der Waals surface area (Å²) in [5.74, 6) is 1.50. The van der Waals surface area contributed by atoms with Crippen LogP contribution in [0.25, 0.3) is 10.8 Å². The van der Waals surface area contributed by atoms with Crippen LogP contribution in [0.5, 0.6) is 11.5 Å². The summed E-state index contributed by atoms with van der Waals surface area (Å²) in [4.78, 5) is 0. The quantitative estimate of drug-likeness (QED) is 0.803. The van der Waals surface area contributed by atoms with Gasteiger partial charge in [0.1, 0.15) is 17.0 Å². The van der Waals surface area contributed by atoms with Gasteiger partial charge in [-0.3, -0.25) is 5.41 Å². The lowest BCUT2D eigenvalue weighted by atomic mass is 10.1. The first-order valence-electron chi connectivity index (χ1n) is 7.45. The molecule has 0 bridgehead atoms. The molecule has 0 atom stereocenters. The third-order valence-corrected chi connectivity index (χ3v) is 3.99. The Morgan fingerprint density at radius 1 is 1.08 bits per heavy atom. The fourth-order valence-corrected chi connectivity index (χ4v) is 2.71. The predicted octanol–water partition coefficient (Wildman–Crippen LogP) is 3.06. The van der Waals surface area contributed by atoms with Gasteiger partial charge in [0.05, 0.1) is 32.4 Å². The Morgan fingerprint density at radius 2 is 1.92 bits per heavy atom. The van der Waals surface area contributed by atoms with Crippen LogP contribution in [0.15, 0.2) is 48.7 Å². The Kier molecular flexibility index (Phi) is 4.21. The smallest absolute Gasteiger partial charge is 0.133 e. The van der Waals surface area contributed by atoms with E-state index in [1.165, 1.54) is 0 Å². The second-order valence-corrected chi connectivity index (χ2v) is 5.38. The van der Waals surface area contributed by atoms with Crippen molar-refractivity contribution in [3.05, 3.63) is 65.3 Å². The minimum atomic E-state index is 0.391. The van der Waals surface area contributed by atoms with Gasteiger partial charge < -0.3 is 14.0 Å². The highest BCUT2D eigenvalue weighted by Gasteiger charge is 2.08. The minimum Gasteiger partial charge on any atom is -0.497 e. The maximum Gasteiger partial charge on any atom is 0.133 e. The Labute approximate surface area is 139 Å². The van der Waals surface area contributed by atoms with Gasteiger partial charge in [-0.1, -0.05) is 0 Å². The Balaban J connectivity index is 2.07. The van der Waals surface area contributed by atoms with Crippen LogP contribution in [0.3, 0.4) is 0 Å². The van der Waals surface area contributed by atoms with Crippen molar-refractivity contribution >= 4 is 10.8 Å². The summed E-state index contributed by atoms with van der Waals surface area (Å²) in [5.41, 5.74) is 1.92. The van der Waals surface area contributed by atoms with E-state index < -0.39 is 0 Å². The van der Waals surface area contributed by atoms with Gasteiger partial charge in [-0.05, 0) is 47.9 Å². The highest BCUT2D eigenvalue weighted by molar-refractivity contribution is 5.82. The van der Waals surface area contributed by atoms with E-state index in [2.05, 4.69) is 6.07 Å². The first-order valence-corrected chi connectivity index (χ1v) is 7.45. The van der Waals surface area contributed by atoms with Gasteiger partial charge in [-0.25, -0.2) is 0 Å². The van der Waals surface area contributed by atoms with E-state index >= 15 is 0 Å². The van der Waals surface area contributed by atoms with E-state index in [-0.39, 0.29) is 0 Å². The van der Waals surface area contributed by atoms with Crippen LogP contribution in [0.1, 0.15) is 11.1 Å². The Hall–Kier alpha value is -3.26. The van der Waals surface area contributed by atoms with Crippen molar-refractivity contribution in [2.45, 2.75) is 6.54 Å². The van der Waals surface area contributed by atoms with Gasteiger partial charge in [0.25, 0.3) is 0 Å². The van der Waals surface area contributed by atoms with Gasteiger partial charge in [0.15, 0.2) is 0 Å². The molecule has 0 unspecified atom stereocenters. The zero-order chi connectivity index (χ0) is 17.1. The van der Waals surface area contributed by atoms with E-state index in [1.54, 1.807) is 26.4 Å². The number of aromatic nitrogens is 1. The molecule has 0 saturated carbocycles. The van der Waals surface area contributed by atoms with E-state index in [9.17, 15) is 0 Å². The third-order valence-electron chi connectivity index (χ3n) is 3.99. The molecule has 0 aliphatic heterocycles. The molecule has 0 fully saturated rings. The summed E-state index contributed by atoms with van der Waals surface area (Å²) in [7, 11) is 3.25. The lowest BCUT2D eigenvalue weighted by Crippen LogP contribution is -2.20. The molecule has 0 saturated heterocycles. The number of methoxy groups -OCH3 is 2. The largest absolute Gasteiger partial charge is 0.497 e. The number of pyridine rings is 1. The summed E-state index contributed by atoms with van der Waals surface area (Å²) in [6, 6.07) is 15.0. The zero-order valence-corrected chi connectivity index (χ0v) is 13.5.